The van der Waals surface area contributed by atoms with Gasteiger partial charge in [0, 0.05) is 5.69 Å². The van der Waals surface area contributed by atoms with Crippen molar-refractivity contribution < 1.29 is 9.53 Å². The fourth-order valence-corrected chi connectivity index (χ4v) is 3.29. The summed E-state index contributed by atoms with van der Waals surface area (Å²) in [6, 6.07) is 27.5. The van der Waals surface area contributed by atoms with Crippen LogP contribution in [0.3, 0.4) is 0 Å². The second-order valence-corrected chi connectivity index (χ2v) is 6.18. The lowest BCUT2D eigenvalue weighted by Crippen LogP contribution is -2.27. The van der Waals surface area contributed by atoms with Gasteiger partial charge in [0.15, 0.2) is 0 Å². The third kappa shape index (κ3) is 2.88. The summed E-state index contributed by atoms with van der Waals surface area (Å²) in [6.45, 7) is 0. The van der Waals surface area contributed by atoms with Crippen LogP contribution >= 0.6 is 0 Å². The Hall–Kier alpha value is -3.33. The molecule has 1 heterocycles. The zero-order valence-electron chi connectivity index (χ0n) is 14.5. The van der Waals surface area contributed by atoms with Gasteiger partial charge in [-0.3, -0.25) is 9.69 Å². The van der Waals surface area contributed by atoms with E-state index in [-0.39, 0.29) is 11.8 Å². The Kier molecular flexibility index (Phi) is 4.28. The van der Waals surface area contributed by atoms with Gasteiger partial charge >= 0.3 is 0 Å². The lowest BCUT2D eigenvalue weighted by atomic mass is 9.99. The Morgan fingerprint density at radius 3 is 2.04 bits per heavy atom. The maximum Gasteiger partial charge on any atom is 0.243 e. The lowest BCUT2D eigenvalue weighted by molar-refractivity contribution is -0.117. The van der Waals surface area contributed by atoms with Gasteiger partial charge in [-0.2, -0.15) is 0 Å². The summed E-state index contributed by atoms with van der Waals surface area (Å²) in [6.07, 6.45) is 2.05. The molecule has 26 heavy (non-hydrogen) atoms. The van der Waals surface area contributed by atoms with E-state index in [2.05, 4.69) is 0 Å². The Balaban J connectivity index is 1.79. The molecule has 1 aliphatic heterocycles. The highest BCUT2D eigenvalue weighted by atomic mass is 16.5. The standard InChI is InChI=1S/C23H19NO2/c1-26-20-14-12-17(13-15-20)21-16-22(18-8-4-2-5-9-18)24(23(21)25)19-10-6-3-7-11-19/h2-16,21H,1H3. The van der Waals surface area contributed by atoms with Crippen LogP contribution in [-0.4, -0.2) is 13.0 Å². The average molecular weight is 341 g/mol. The Morgan fingerprint density at radius 1 is 0.808 bits per heavy atom. The van der Waals surface area contributed by atoms with Gasteiger partial charge in [-0.15, -0.1) is 0 Å². The summed E-state index contributed by atoms with van der Waals surface area (Å²) in [5.41, 5.74) is 3.79. The van der Waals surface area contributed by atoms with Crippen LogP contribution in [0.2, 0.25) is 0 Å². The van der Waals surface area contributed by atoms with E-state index in [0.29, 0.717) is 0 Å². The van der Waals surface area contributed by atoms with Crippen LogP contribution in [0.4, 0.5) is 5.69 Å². The van der Waals surface area contributed by atoms with Gasteiger partial charge in [-0.25, -0.2) is 0 Å². The van der Waals surface area contributed by atoms with E-state index in [1.165, 1.54) is 0 Å². The number of hydrogen-bond donors (Lipinski definition) is 0. The minimum absolute atomic E-state index is 0.0558. The van der Waals surface area contributed by atoms with Crippen LogP contribution in [0, 0.1) is 0 Å². The highest BCUT2D eigenvalue weighted by molar-refractivity contribution is 6.14. The molecule has 4 rings (SSSR count). The van der Waals surface area contributed by atoms with Gasteiger partial charge in [0.05, 0.1) is 18.7 Å². The fraction of sp³-hybridized carbons (Fsp3) is 0.0870. The molecule has 0 aliphatic carbocycles. The Labute approximate surface area is 153 Å². The minimum Gasteiger partial charge on any atom is -0.497 e. The second-order valence-electron chi connectivity index (χ2n) is 6.18. The van der Waals surface area contributed by atoms with Crippen molar-refractivity contribution in [3.05, 3.63) is 102 Å². The number of nitrogens with zero attached hydrogens (tertiary/aromatic N) is 1. The van der Waals surface area contributed by atoms with Crippen molar-refractivity contribution in [1.82, 2.24) is 0 Å². The van der Waals surface area contributed by atoms with Crippen molar-refractivity contribution in [2.24, 2.45) is 0 Å². The fourth-order valence-electron chi connectivity index (χ4n) is 3.29. The molecule has 0 saturated carbocycles. The smallest absolute Gasteiger partial charge is 0.243 e. The molecule has 0 aromatic heterocycles. The lowest BCUT2D eigenvalue weighted by Gasteiger charge is -2.22. The van der Waals surface area contributed by atoms with Crippen LogP contribution in [0.5, 0.6) is 5.75 Å². The van der Waals surface area contributed by atoms with Gasteiger partial charge in [0.25, 0.3) is 0 Å². The molecule has 0 saturated heterocycles. The number of ether oxygens (including phenoxy) is 1. The first-order valence-electron chi connectivity index (χ1n) is 8.58. The maximum atomic E-state index is 13.3. The van der Waals surface area contributed by atoms with Crippen molar-refractivity contribution in [2.45, 2.75) is 5.92 Å². The van der Waals surface area contributed by atoms with Crippen molar-refractivity contribution in [3.63, 3.8) is 0 Å². The number of methoxy groups -OCH3 is 1. The van der Waals surface area contributed by atoms with Crippen LogP contribution in [-0.2, 0) is 4.79 Å². The summed E-state index contributed by atoms with van der Waals surface area (Å²) in [4.78, 5) is 15.1. The van der Waals surface area contributed by atoms with E-state index in [0.717, 1.165) is 28.3 Å². The largest absolute Gasteiger partial charge is 0.497 e. The van der Waals surface area contributed by atoms with Gasteiger partial charge < -0.3 is 4.74 Å². The molecule has 3 heteroatoms. The number of anilines is 1. The van der Waals surface area contributed by atoms with Crippen LogP contribution in [0.15, 0.2) is 91.0 Å². The van der Waals surface area contributed by atoms with E-state index < -0.39 is 0 Å². The summed E-state index contributed by atoms with van der Waals surface area (Å²) < 4.78 is 5.23. The average Bonchev–Trinajstić information content (AvgIpc) is 3.06. The zero-order valence-corrected chi connectivity index (χ0v) is 14.5. The monoisotopic (exact) mass is 341 g/mol. The molecule has 3 aromatic carbocycles. The SMILES string of the molecule is COc1ccc(C2C=C(c3ccccc3)N(c3ccccc3)C2=O)cc1. The number of carbonyl (C=O) groups excluding carboxylic acids is 1. The number of benzene rings is 3. The molecule has 1 unspecified atom stereocenters. The number of hydrogen-bond acceptors (Lipinski definition) is 2. The van der Waals surface area contributed by atoms with E-state index in [1.54, 1.807) is 7.11 Å². The molecule has 0 fully saturated rings. The molecule has 1 amide bonds. The summed E-state index contributed by atoms with van der Waals surface area (Å²) in [5, 5.41) is 0. The molecule has 0 spiro atoms. The number of rotatable bonds is 4. The highest BCUT2D eigenvalue weighted by Crippen LogP contribution is 2.39. The van der Waals surface area contributed by atoms with Crippen LogP contribution in [0.25, 0.3) is 5.70 Å². The Bertz CT molecular complexity index is 931. The molecule has 3 nitrogen and oxygen atoms in total. The first kappa shape index (κ1) is 16.2. The van der Waals surface area contributed by atoms with Crippen molar-refractivity contribution in [2.75, 3.05) is 12.0 Å². The van der Waals surface area contributed by atoms with E-state index in [9.17, 15) is 4.79 Å². The minimum atomic E-state index is -0.309. The number of amides is 1. The zero-order chi connectivity index (χ0) is 17.9. The third-order valence-corrected chi connectivity index (χ3v) is 4.61. The number of para-hydroxylation sites is 1. The second kappa shape index (κ2) is 6.89. The van der Waals surface area contributed by atoms with Crippen molar-refractivity contribution in [1.29, 1.82) is 0 Å². The van der Waals surface area contributed by atoms with Gasteiger partial charge in [0.2, 0.25) is 5.91 Å². The topological polar surface area (TPSA) is 29.5 Å². The van der Waals surface area contributed by atoms with E-state index in [4.69, 9.17) is 4.74 Å². The summed E-state index contributed by atoms with van der Waals surface area (Å²) in [7, 11) is 1.64. The predicted molar refractivity (Wildman–Crippen MR) is 104 cm³/mol. The molecular weight excluding hydrogens is 322 g/mol. The van der Waals surface area contributed by atoms with Crippen LogP contribution in [0.1, 0.15) is 17.0 Å². The van der Waals surface area contributed by atoms with Gasteiger partial charge in [-0.1, -0.05) is 60.7 Å². The molecule has 0 radical (unpaired) electrons. The first-order valence-corrected chi connectivity index (χ1v) is 8.58. The van der Waals surface area contributed by atoms with E-state index in [1.807, 2.05) is 95.9 Å². The molecule has 1 atom stereocenters. The quantitative estimate of drug-likeness (QED) is 0.678. The third-order valence-electron chi connectivity index (χ3n) is 4.61. The Morgan fingerprint density at radius 2 is 1.42 bits per heavy atom. The van der Waals surface area contributed by atoms with Gasteiger partial charge in [-0.05, 0) is 41.5 Å². The van der Waals surface area contributed by atoms with E-state index >= 15 is 0 Å². The molecule has 0 bridgehead atoms. The first-order chi connectivity index (χ1) is 12.8. The molecule has 3 aromatic rings. The molecule has 1 aliphatic rings. The summed E-state index contributed by atoms with van der Waals surface area (Å²) in [5.74, 6) is 0.530. The number of carbonyl (C=O) groups is 1. The van der Waals surface area contributed by atoms with Crippen molar-refractivity contribution >= 4 is 17.3 Å². The predicted octanol–water partition coefficient (Wildman–Crippen LogP) is 4.87. The normalized spacial score (nSPS) is 16.5. The van der Waals surface area contributed by atoms with Crippen molar-refractivity contribution in [3.8, 4) is 5.75 Å². The molecule has 128 valence electrons. The molecule has 0 N–H and O–H groups in total. The molecular formula is C23H19NO2. The van der Waals surface area contributed by atoms with Crippen LogP contribution < -0.4 is 9.64 Å². The maximum absolute atomic E-state index is 13.3. The highest BCUT2D eigenvalue weighted by Gasteiger charge is 2.35. The summed E-state index contributed by atoms with van der Waals surface area (Å²) >= 11 is 0. The van der Waals surface area contributed by atoms with Gasteiger partial charge in [0.1, 0.15) is 5.75 Å².